The van der Waals surface area contributed by atoms with E-state index < -0.39 is 22.1 Å². The minimum atomic E-state index is -3.32. The summed E-state index contributed by atoms with van der Waals surface area (Å²) in [7, 11) is -3.32. The number of benzene rings is 1. The zero-order chi connectivity index (χ0) is 23.1. The van der Waals surface area contributed by atoms with Crippen LogP contribution in [0.15, 0.2) is 38.8 Å². The van der Waals surface area contributed by atoms with E-state index in [1.807, 2.05) is 20.8 Å². The van der Waals surface area contributed by atoms with Gasteiger partial charge in [0.15, 0.2) is 9.92 Å². The van der Waals surface area contributed by atoms with Crippen LogP contribution < -0.4 is 15.2 Å². The second kappa shape index (κ2) is 8.45. The summed E-state index contributed by atoms with van der Waals surface area (Å²) in [6, 6.07) is 3.13. The molecule has 7 nitrogen and oxygen atoms in total. The van der Waals surface area contributed by atoms with E-state index in [9.17, 15) is 18.1 Å². The molecule has 1 aromatic carbocycles. The molecule has 0 spiro atoms. The third-order valence-corrected chi connectivity index (χ3v) is 7.92. The predicted molar refractivity (Wildman–Crippen MR) is 118 cm³/mol. The van der Waals surface area contributed by atoms with E-state index in [0.717, 1.165) is 22.5 Å². The highest BCUT2D eigenvalue weighted by molar-refractivity contribution is 7.93. The Labute approximate surface area is 184 Å². The third-order valence-electron chi connectivity index (χ3n) is 4.70. The molecule has 0 saturated carbocycles. The molecule has 0 radical (unpaired) electrons. The summed E-state index contributed by atoms with van der Waals surface area (Å²) in [5.41, 5.74) is 1.07. The van der Waals surface area contributed by atoms with Gasteiger partial charge in [-0.2, -0.15) is 13.1 Å². The highest BCUT2D eigenvalue weighted by Crippen LogP contribution is 2.41. The number of nitrogens with one attached hydrogen (secondary N) is 1. The summed E-state index contributed by atoms with van der Waals surface area (Å²) in [5.74, 6) is 0.200. The molecule has 3 rings (SSSR count). The molecule has 11 heteroatoms. The van der Waals surface area contributed by atoms with Gasteiger partial charge >= 0.3 is 6.61 Å². The van der Waals surface area contributed by atoms with Crippen LogP contribution >= 0.6 is 11.3 Å². The number of ether oxygens (including phenoxy) is 1. The number of nitrogens with zero attached hydrogens (tertiary/aromatic N) is 2. The first kappa shape index (κ1) is 23.6. The van der Waals surface area contributed by atoms with Crippen molar-refractivity contribution >= 4 is 26.9 Å². The van der Waals surface area contributed by atoms with Crippen LogP contribution in [0.3, 0.4) is 0 Å². The lowest BCUT2D eigenvalue weighted by molar-refractivity contribution is -0.0499. The highest BCUT2D eigenvalue weighted by atomic mass is 32.2. The van der Waals surface area contributed by atoms with Crippen LogP contribution in [0.4, 0.5) is 14.5 Å². The number of fused-ring (bicyclic) bond motifs is 1. The molecule has 2 unspecified atom stereocenters. The van der Waals surface area contributed by atoms with E-state index in [1.54, 1.807) is 32.1 Å². The van der Waals surface area contributed by atoms with Gasteiger partial charge in [-0.3, -0.25) is 0 Å². The van der Waals surface area contributed by atoms with Crippen LogP contribution in [0.25, 0.3) is 0 Å². The Bertz CT molecular complexity index is 1130. The van der Waals surface area contributed by atoms with Crippen LogP contribution in [-0.2, 0) is 15.5 Å². The van der Waals surface area contributed by atoms with Crippen LogP contribution in [-0.4, -0.2) is 20.9 Å². The monoisotopic (exact) mass is 472 g/mol. The van der Waals surface area contributed by atoms with Crippen molar-refractivity contribution in [2.24, 2.45) is 9.50 Å². The van der Waals surface area contributed by atoms with E-state index in [4.69, 9.17) is 5.14 Å². The zero-order valence-electron chi connectivity index (χ0n) is 17.8. The van der Waals surface area contributed by atoms with E-state index in [1.165, 1.54) is 6.20 Å². The van der Waals surface area contributed by atoms with E-state index >= 15 is 0 Å². The molecule has 4 N–H and O–H groups in total. The van der Waals surface area contributed by atoms with Crippen molar-refractivity contribution in [1.29, 1.82) is 0 Å². The molecule has 0 amide bonds. The Hall–Kier alpha value is -2.08. The van der Waals surface area contributed by atoms with E-state index in [2.05, 4.69) is 19.4 Å². The topological polar surface area (TPSA) is 110 Å². The molecular weight excluding hydrogens is 446 g/mol. The fourth-order valence-corrected chi connectivity index (χ4v) is 5.38. The third kappa shape index (κ3) is 5.22. The minimum absolute atomic E-state index is 0.00657. The number of halogens is 2. The van der Waals surface area contributed by atoms with Gasteiger partial charge in [-0.15, -0.1) is 11.3 Å². The van der Waals surface area contributed by atoms with Gasteiger partial charge in [0.05, 0.1) is 6.20 Å². The maximum absolute atomic E-state index is 13.1. The predicted octanol–water partition coefficient (Wildman–Crippen LogP) is 4.87. The van der Waals surface area contributed by atoms with Gasteiger partial charge in [-0.25, -0.2) is 14.3 Å². The molecule has 31 heavy (non-hydrogen) atoms. The lowest BCUT2D eigenvalue weighted by Crippen LogP contribution is -2.17. The quantitative estimate of drug-likeness (QED) is 0.556. The number of hydrogen-bond donors (Lipinski definition) is 3. The molecule has 0 fully saturated rings. The summed E-state index contributed by atoms with van der Waals surface area (Å²) in [5, 5.41) is 19.7. The molecule has 170 valence electrons. The molecule has 2 aromatic rings. The summed E-state index contributed by atoms with van der Waals surface area (Å²) in [6.07, 6.45) is 3.08. The minimum Gasteiger partial charge on any atom is -0.435 e. The summed E-state index contributed by atoms with van der Waals surface area (Å²) >= 11 is 1.04. The first-order valence-corrected chi connectivity index (χ1v) is 12.0. The number of aromatic nitrogens is 1. The normalized spacial score (nSPS) is 18.3. The van der Waals surface area contributed by atoms with Gasteiger partial charge in [0.2, 0.25) is 0 Å². The van der Waals surface area contributed by atoms with Crippen LogP contribution in [0.2, 0.25) is 0 Å². The number of aliphatic hydroxyl groups is 1. The first-order chi connectivity index (χ1) is 14.3. The Morgan fingerprint density at radius 1 is 1.39 bits per heavy atom. The molecule has 2 atom stereocenters. The number of allylic oxidation sites excluding steroid dienone is 1. The van der Waals surface area contributed by atoms with Gasteiger partial charge in [-0.05, 0) is 49.1 Å². The Morgan fingerprint density at radius 3 is 2.61 bits per heavy atom. The number of hydrogen-bond acceptors (Lipinski definition) is 7. The summed E-state index contributed by atoms with van der Waals surface area (Å²) in [6.45, 7) is 5.99. The number of alkyl halides is 2. The van der Waals surface area contributed by atoms with Crippen molar-refractivity contribution in [2.75, 3.05) is 5.32 Å². The lowest BCUT2D eigenvalue weighted by atomic mass is 9.89. The van der Waals surface area contributed by atoms with Gasteiger partial charge < -0.3 is 15.2 Å². The first-order valence-electron chi connectivity index (χ1n) is 9.63. The van der Waals surface area contributed by atoms with Gasteiger partial charge in [-0.1, -0.05) is 20.8 Å². The largest absolute Gasteiger partial charge is 0.435 e. The van der Waals surface area contributed by atoms with Crippen molar-refractivity contribution in [3.63, 3.8) is 0 Å². The molecule has 1 aliphatic heterocycles. The summed E-state index contributed by atoms with van der Waals surface area (Å²) in [4.78, 5) is 4.10. The summed E-state index contributed by atoms with van der Waals surface area (Å²) < 4.78 is 47.7. The van der Waals surface area contributed by atoms with Crippen LogP contribution in [0.5, 0.6) is 5.75 Å². The molecule has 0 bridgehead atoms. The van der Waals surface area contributed by atoms with E-state index in [0.29, 0.717) is 16.5 Å². The number of anilines is 1. The Kier molecular flexibility index (Phi) is 6.43. The highest BCUT2D eigenvalue weighted by Gasteiger charge is 2.26. The smallest absolute Gasteiger partial charge is 0.387 e. The van der Waals surface area contributed by atoms with Gasteiger partial charge in [0.25, 0.3) is 0 Å². The molecule has 1 aliphatic rings. The van der Waals surface area contributed by atoms with Crippen LogP contribution in [0, 0.1) is 0 Å². The number of nitrogens with two attached hydrogens (primary N) is 1. The molecule has 2 heterocycles. The second-order valence-corrected chi connectivity index (χ2v) is 11.2. The van der Waals surface area contributed by atoms with Gasteiger partial charge in [0, 0.05) is 11.6 Å². The molecule has 0 aliphatic carbocycles. The van der Waals surface area contributed by atoms with Crippen molar-refractivity contribution in [1.82, 2.24) is 4.98 Å². The maximum atomic E-state index is 13.1. The van der Waals surface area contributed by atoms with Crippen molar-refractivity contribution in [3.8, 4) is 5.75 Å². The van der Waals surface area contributed by atoms with Crippen molar-refractivity contribution in [3.05, 3.63) is 46.4 Å². The van der Waals surface area contributed by atoms with Crippen molar-refractivity contribution < 1.29 is 22.8 Å². The van der Waals surface area contributed by atoms with Gasteiger partial charge in [0.1, 0.15) is 26.4 Å². The maximum Gasteiger partial charge on any atom is 0.387 e. The fourth-order valence-electron chi connectivity index (χ4n) is 3.21. The van der Waals surface area contributed by atoms with Crippen LogP contribution in [0.1, 0.15) is 62.6 Å². The second-order valence-electron chi connectivity index (χ2n) is 8.18. The SMILES string of the molecule is CC(C)c1cc(OC(F)F)cc2c1NC(N=S(N)(=O)c1cnc(C(C)(C)O)s1)=CC2C. The molecule has 1 aromatic heterocycles. The lowest BCUT2D eigenvalue weighted by Gasteiger charge is -2.27. The average molecular weight is 473 g/mol. The average Bonchev–Trinajstić information content (AvgIpc) is 3.12. The Balaban J connectivity index is 2.01. The zero-order valence-corrected chi connectivity index (χ0v) is 19.5. The fraction of sp³-hybridized carbons (Fsp3) is 0.450. The number of thiazole rings is 1. The van der Waals surface area contributed by atoms with E-state index in [-0.39, 0.29) is 21.8 Å². The molecular formula is C20H26F2N4O3S2. The van der Waals surface area contributed by atoms with Crippen molar-refractivity contribution in [2.45, 2.75) is 62.9 Å². The molecule has 0 saturated heterocycles. The standard InChI is InChI=1S/C20H26F2N4O3S2/c1-10(2)13-7-12(29-19(21)22)8-14-11(3)6-15(25-17(13)14)26-31(23,28)16-9-24-18(30-16)20(4,5)27/h6-11,19,25,27H,1-5H3,(H2,23,26,28). The Morgan fingerprint density at radius 2 is 2.06 bits per heavy atom. The number of rotatable bonds is 6.